The highest BCUT2D eigenvalue weighted by Gasteiger charge is 2.15. The van der Waals surface area contributed by atoms with Crippen LogP contribution in [-0.4, -0.2) is 20.7 Å². The number of benzene rings is 1. The third kappa shape index (κ3) is 3.06. The Bertz CT molecular complexity index is 896. The Hall–Kier alpha value is -2.21. The van der Waals surface area contributed by atoms with Gasteiger partial charge in [0.05, 0.1) is 21.4 Å². The molecule has 6 heteroatoms. The van der Waals surface area contributed by atoms with Crippen LogP contribution in [0.2, 0.25) is 0 Å². The maximum absolute atomic E-state index is 12.3. The van der Waals surface area contributed by atoms with E-state index >= 15 is 0 Å². The van der Waals surface area contributed by atoms with Crippen LogP contribution in [0.1, 0.15) is 35.5 Å². The molecule has 1 N–H and O–H groups in total. The SMILES string of the molecule is Cc1nc2ccc(NC(=O)CCn3ncc4c3CCCC4)cc2s1. The van der Waals surface area contributed by atoms with Crippen LogP contribution in [0.3, 0.4) is 0 Å². The number of hydrogen-bond acceptors (Lipinski definition) is 4. The van der Waals surface area contributed by atoms with E-state index in [0.29, 0.717) is 13.0 Å². The molecule has 0 fully saturated rings. The van der Waals surface area contributed by atoms with Gasteiger partial charge in [-0.15, -0.1) is 11.3 Å². The highest BCUT2D eigenvalue weighted by molar-refractivity contribution is 7.18. The Morgan fingerprint density at radius 1 is 1.33 bits per heavy atom. The summed E-state index contributed by atoms with van der Waals surface area (Å²) in [5.41, 5.74) is 4.49. The van der Waals surface area contributed by atoms with Crippen molar-refractivity contribution in [3.05, 3.63) is 40.7 Å². The van der Waals surface area contributed by atoms with Crippen molar-refractivity contribution < 1.29 is 4.79 Å². The summed E-state index contributed by atoms with van der Waals surface area (Å²) in [4.78, 5) is 16.7. The fraction of sp³-hybridized carbons (Fsp3) is 0.389. The highest BCUT2D eigenvalue weighted by atomic mass is 32.1. The van der Waals surface area contributed by atoms with Crippen molar-refractivity contribution in [3.8, 4) is 0 Å². The van der Waals surface area contributed by atoms with Gasteiger partial charge in [-0.05, 0) is 56.4 Å². The molecule has 3 aromatic rings. The molecule has 0 unspecified atom stereocenters. The average Bonchev–Trinajstić information content (AvgIpc) is 3.15. The summed E-state index contributed by atoms with van der Waals surface area (Å²) in [6, 6.07) is 5.86. The maximum atomic E-state index is 12.3. The number of nitrogens with zero attached hydrogens (tertiary/aromatic N) is 3. The van der Waals surface area contributed by atoms with Crippen LogP contribution in [0.25, 0.3) is 10.2 Å². The first-order valence-corrected chi connectivity index (χ1v) is 9.21. The molecule has 2 aromatic heterocycles. The summed E-state index contributed by atoms with van der Waals surface area (Å²) in [5.74, 6) is 0.0237. The van der Waals surface area contributed by atoms with Gasteiger partial charge in [-0.3, -0.25) is 9.48 Å². The minimum absolute atomic E-state index is 0.0237. The number of aryl methyl sites for hydroxylation is 3. The number of aromatic nitrogens is 3. The number of thiazole rings is 1. The number of fused-ring (bicyclic) bond motifs is 2. The van der Waals surface area contributed by atoms with Crippen molar-refractivity contribution in [2.45, 2.75) is 45.6 Å². The Morgan fingerprint density at radius 2 is 2.21 bits per heavy atom. The molecule has 0 saturated heterocycles. The van der Waals surface area contributed by atoms with E-state index in [2.05, 4.69) is 15.4 Å². The number of rotatable bonds is 4. The molecule has 1 amide bonds. The zero-order valence-electron chi connectivity index (χ0n) is 13.7. The molecule has 2 heterocycles. The number of nitrogens with one attached hydrogen (secondary N) is 1. The summed E-state index contributed by atoms with van der Waals surface area (Å²) in [6.07, 6.45) is 7.08. The molecule has 0 radical (unpaired) electrons. The van der Waals surface area contributed by atoms with E-state index in [-0.39, 0.29) is 5.91 Å². The minimum atomic E-state index is 0.0237. The number of anilines is 1. The molecule has 5 nitrogen and oxygen atoms in total. The molecular weight excluding hydrogens is 320 g/mol. The standard InChI is InChI=1S/C18H20N4OS/c1-12-20-15-7-6-14(10-17(15)24-12)21-18(23)8-9-22-16-5-3-2-4-13(16)11-19-22/h6-7,10-11H,2-5,8-9H2,1H3,(H,21,23). The van der Waals surface area contributed by atoms with E-state index in [0.717, 1.165) is 33.8 Å². The predicted molar refractivity (Wildman–Crippen MR) is 96.5 cm³/mol. The molecule has 1 aliphatic carbocycles. The van der Waals surface area contributed by atoms with E-state index in [4.69, 9.17) is 0 Å². The zero-order chi connectivity index (χ0) is 16.5. The Labute approximate surface area is 144 Å². The molecule has 0 bridgehead atoms. The lowest BCUT2D eigenvalue weighted by Crippen LogP contribution is -2.17. The number of hydrogen-bond donors (Lipinski definition) is 1. The summed E-state index contributed by atoms with van der Waals surface area (Å²) < 4.78 is 3.11. The van der Waals surface area contributed by atoms with Crippen molar-refractivity contribution in [1.82, 2.24) is 14.8 Å². The topological polar surface area (TPSA) is 59.8 Å². The van der Waals surface area contributed by atoms with Gasteiger partial charge in [0, 0.05) is 24.3 Å². The second kappa shape index (κ2) is 6.36. The van der Waals surface area contributed by atoms with Gasteiger partial charge in [0.15, 0.2) is 0 Å². The van der Waals surface area contributed by atoms with Gasteiger partial charge in [-0.25, -0.2) is 4.98 Å². The fourth-order valence-electron chi connectivity index (χ4n) is 3.30. The second-order valence-electron chi connectivity index (χ2n) is 6.26. The van der Waals surface area contributed by atoms with Crippen molar-refractivity contribution in [1.29, 1.82) is 0 Å². The number of amides is 1. The Balaban J connectivity index is 1.40. The van der Waals surface area contributed by atoms with Gasteiger partial charge in [-0.2, -0.15) is 5.10 Å². The lowest BCUT2D eigenvalue weighted by molar-refractivity contribution is -0.116. The molecule has 4 rings (SSSR count). The van der Waals surface area contributed by atoms with Gasteiger partial charge in [0.2, 0.25) is 5.91 Å². The second-order valence-corrected chi connectivity index (χ2v) is 7.50. The van der Waals surface area contributed by atoms with E-state index in [1.165, 1.54) is 24.1 Å². The third-order valence-corrected chi connectivity index (χ3v) is 5.41. The van der Waals surface area contributed by atoms with Crippen LogP contribution in [-0.2, 0) is 24.2 Å². The van der Waals surface area contributed by atoms with Gasteiger partial charge >= 0.3 is 0 Å². The predicted octanol–water partition coefficient (Wildman–Crippen LogP) is 3.71. The van der Waals surface area contributed by atoms with Crippen molar-refractivity contribution in [3.63, 3.8) is 0 Å². The molecule has 24 heavy (non-hydrogen) atoms. The summed E-state index contributed by atoms with van der Waals surface area (Å²) in [7, 11) is 0. The average molecular weight is 340 g/mol. The Morgan fingerprint density at radius 3 is 3.12 bits per heavy atom. The quantitative estimate of drug-likeness (QED) is 0.787. The van der Waals surface area contributed by atoms with Crippen LogP contribution in [0, 0.1) is 6.92 Å². The molecule has 0 atom stereocenters. The first-order valence-electron chi connectivity index (χ1n) is 8.39. The first kappa shape index (κ1) is 15.3. The lowest BCUT2D eigenvalue weighted by atomic mass is 9.98. The monoisotopic (exact) mass is 340 g/mol. The number of carbonyl (C=O) groups excluding carboxylic acids is 1. The van der Waals surface area contributed by atoms with E-state index in [1.54, 1.807) is 11.3 Å². The van der Waals surface area contributed by atoms with Crippen LogP contribution in [0.5, 0.6) is 0 Å². The highest BCUT2D eigenvalue weighted by Crippen LogP contribution is 2.25. The summed E-state index contributed by atoms with van der Waals surface area (Å²) in [5, 5.41) is 8.47. The van der Waals surface area contributed by atoms with E-state index in [9.17, 15) is 4.79 Å². The van der Waals surface area contributed by atoms with Crippen LogP contribution in [0.15, 0.2) is 24.4 Å². The van der Waals surface area contributed by atoms with Gasteiger partial charge in [0.25, 0.3) is 0 Å². The molecule has 1 aliphatic rings. The smallest absolute Gasteiger partial charge is 0.226 e. The van der Waals surface area contributed by atoms with Crippen molar-refractivity contribution in [2.24, 2.45) is 0 Å². The summed E-state index contributed by atoms with van der Waals surface area (Å²) >= 11 is 1.64. The van der Waals surface area contributed by atoms with Crippen molar-refractivity contribution in [2.75, 3.05) is 5.32 Å². The van der Waals surface area contributed by atoms with E-state index < -0.39 is 0 Å². The summed E-state index contributed by atoms with van der Waals surface area (Å²) in [6.45, 7) is 2.64. The van der Waals surface area contributed by atoms with E-state index in [1.807, 2.05) is 36.0 Å². The maximum Gasteiger partial charge on any atom is 0.226 e. The van der Waals surface area contributed by atoms with Crippen molar-refractivity contribution >= 4 is 33.1 Å². The van der Waals surface area contributed by atoms with Gasteiger partial charge in [0.1, 0.15) is 0 Å². The molecule has 0 aliphatic heterocycles. The molecular formula is C18H20N4OS. The first-order chi connectivity index (χ1) is 11.7. The molecule has 0 saturated carbocycles. The Kier molecular flexibility index (Phi) is 4.06. The van der Waals surface area contributed by atoms with Crippen LogP contribution in [0.4, 0.5) is 5.69 Å². The van der Waals surface area contributed by atoms with Crippen LogP contribution >= 0.6 is 11.3 Å². The largest absolute Gasteiger partial charge is 0.326 e. The molecule has 0 spiro atoms. The third-order valence-electron chi connectivity index (χ3n) is 4.47. The lowest BCUT2D eigenvalue weighted by Gasteiger charge is -2.13. The number of carbonyl (C=O) groups is 1. The molecule has 124 valence electrons. The fourth-order valence-corrected chi connectivity index (χ4v) is 4.16. The van der Waals surface area contributed by atoms with Gasteiger partial charge < -0.3 is 5.32 Å². The van der Waals surface area contributed by atoms with Gasteiger partial charge in [-0.1, -0.05) is 0 Å². The van der Waals surface area contributed by atoms with Crippen LogP contribution < -0.4 is 5.32 Å². The zero-order valence-corrected chi connectivity index (χ0v) is 14.5. The normalized spacial score (nSPS) is 13.9. The minimum Gasteiger partial charge on any atom is -0.326 e. The molecule has 1 aromatic carbocycles.